The predicted octanol–water partition coefficient (Wildman–Crippen LogP) is 2.84. The molecule has 0 spiro atoms. The van der Waals surface area contributed by atoms with E-state index in [1.165, 1.54) is 0 Å². The SMILES string of the molecule is CCCOc1cccc(NC(=O)C2CCNCC2)c1.Cl. The summed E-state index contributed by atoms with van der Waals surface area (Å²) in [5, 5.41) is 6.25. The largest absolute Gasteiger partial charge is 0.494 e. The third-order valence-corrected chi connectivity index (χ3v) is 3.28. The first-order chi connectivity index (χ1) is 9.29. The Morgan fingerprint density at radius 3 is 2.85 bits per heavy atom. The highest BCUT2D eigenvalue weighted by Gasteiger charge is 2.20. The zero-order valence-corrected chi connectivity index (χ0v) is 12.7. The van der Waals surface area contributed by atoms with E-state index in [2.05, 4.69) is 17.6 Å². The lowest BCUT2D eigenvalue weighted by molar-refractivity contribution is -0.120. The highest BCUT2D eigenvalue weighted by Crippen LogP contribution is 2.20. The molecule has 20 heavy (non-hydrogen) atoms. The van der Waals surface area contributed by atoms with Gasteiger partial charge in [0, 0.05) is 17.7 Å². The van der Waals surface area contributed by atoms with Gasteiger partial charge < -0.3 is 15.4 Å². The molecule has 0 atom stereocenters. The van der Waals surface area contributed by atoms with Gasteiger partial charge in [-0.2, -0.15) is 0 Å². The molecule has 0 unspecified atom stereocenters. The normalized spacial score (nSPS) is 15.2. The average Bonchev–Trinajstić information content (AvgIpc) is 2.46. The van der Waals surface area contributed by atoms with Gasteiger partial charge in [-0.15, -0.1) is 12.4 Å². The van der Waals surface area contributed by atoms with Crippen molar-refractivity contribution in [2.75, 3.05) is 25.0 Å². The number of carbonyl (C=O) groups is 1. The van der Waals surface area contributed by atoms with Crippen molar-refractivity contribution in [3.63, 3.8) is 0 Å². The van der Waals surface area contributed by atoms with Gasteiger partial charge in [-0.3, -0.25) is 4.79 Å². The maximum Gasteiger partial charge on any atom is 0.227 e. The fraction of sp³-hybridized carbons (Fsp3) is 0.533. The Morgan fingerprint density at radius 1 is 1.40 bits per heavy atom. The lowest BCUT2D eigenvalue weighted by atomic mass is 9.97. The molecular formula is C15H23ClN2O2. The topological polar surface area (TPSA) is 50.4 Å². The number of ether oxygens (including phenoxy) is 1. The van der Waals surface area contributed by atoms with Gasteiger partial charge in [0.05, 0.1) is 6.61 Å². The summed E-state index contributed by atoms with van der Waals surface area (Å²) in [5.41, 5.74) is 0.817. The summed E-state index contributed by atoms with van der Waals surface area (Å²) in [7, 11) is 0. The van der Waals surface area contributed by atoms with Gasteiger partial charge >= 0.3 is 0 Å². The number of anilines is 1. The lowest BCUT2D eigenvalue weighted by Crippen LogP contribution is -2.34. The minimum atomic E-state index is 0. The van der Waals surface area contributed by atoms with E-state index in [0.717, 1.165) is 43.8 Å². The molecule has 1 heterocycles. The zero-order chi connectivity index (χ0) is 13.5. The Kier molecular flexibility index (Phi) is 7.41. The van der Waals surface area contributed by atoms with Crippen LogP contribution in [0.1, 0.15) is 26.2 Å². The minimum absolute atomic E-state index is 0. The number of piperidine rings is 1. The van der Waals surface area contributed by atoms with Crippen LogP contribution in [0.5, 0.6) is 5.75 Å². The van der Waals surface area contributed by atoms with E-state index in [1.807, 2.05) is 24.3 Å². The molecule has 2 rings (SSSR count). The first-order valence-corrected chi connectivity index (χ1v) is 7.04. The second kappa shape index (κ2) is 8.82. The second-order valence-electron chi connectivity index (χ2n) is 4.89. The van der Waals surface area contributed by atoms with E-state index in [0.29, 0.717) is 6.61 Å². The van der Waals surface area contributed by atoms with Crippen molar-refractivity contribution >= 4 is 24.0 Å². The summed E-state index contributed by atoms with van der Waals surface area (Å²) in [6.45, 7) is 4.63. The Hall–Kier alpha value is -1.26. The third-order valence-electron chi connectivity index (χ3n) is 3.28. The molecule has 1 aromatic rings. The Labute approximate surface area is 126 Å². The summed E-state index contributed by atoms with van der Waals surface area (Å²) in [4.78, 5) is 12.1. The highest BCUT2D eigenvalue weighted by molar-refractivity contribution is 5.92. The van der Waals surface area contributed by atoms with E-state index < -0.39 is 0 Å². The highest BCUT2D eigenvalue weighted by atomic mass is 35.5. The van der Waals surface area contributed by atoms with Gasteiger partial charge in [0.15, 0.2) is 0 Å². The third kappa shape index (κ3) is 5.02. The summed E-state index contributed by atoms with van der Waals surface area (Å²) in [6, 6.07) is 7.60. The number of hydrogen-bond donors (Lipinski definition) is 2. The van der Waals surface area contributed by atoms with Crippen molar-refractivity contribution in [3.8, 4) is 5.75 Å². The number of rotatable bonds is 5. The van der Waals surface area contributed by atoms with Crippen LogP contribution >= 0.6 is 12.4 Å². The maximum absolute atomic E-state index is 12.1. The molecule has 0 saturated carbocycles. The van der Waals surface area contributed by atoms with E-state index in [1.54, 1.807) is 0 Å². The van der Waals surface area contributed by atoms with Gasteiger partial charge in [0.2, 0.25) is 5.91 Å². The maximum atomic E-state index is 12.1. The smallest absolute Gasteiger partial charge is 0.227 e. The van der Waals surface area contributed by atoms with Crippen LogP contribution in [0, 0.1) is 5.92 Å². The van der Waals surface area contributed by atoms with Crippen LogP contribution in [0.15, 0.2) is 24.3 Å². The van der Waals surface area contributed by atoms with E-state index in [-0.39, 0.29) is 24.2 Å². The number of halogens is 1. The number of nitrogens with one attached hydrogen (secondary N) is 2. The van der Waals surface area contributed by atoms with Crippen LogP contribution in [0.2, 0.25) is 0 Å². The number of carbonyl (C=O) groups excluding carboxylic acids is 1. The van der Waals surface area contributed by atoms with Crippen molar-refractivity contribution in [3.05, 3.63) is 24.3 Å². The molecule has 4 nitrogen and oxygen atoms in total. The van der Waals surface area contributed by atoms with E-state index in [4.69, 9.17) is 4.74 Å². The molecule has 1 fully saturated rings. The fourth-order valence-corrected chi connectivity index (χ4v) is 2.21. The van der Waals surface area contributed by atoms with Crippen LogP contribution in [0.4, 0.5) is 5.69 Å². The Bertz CT molecular complexity index is 420. The van der Waals surface area contributed by atoms with E-state index in [9.17, 15) is 4.79 Å². The van der Waals surface area contributed by atoms with Crippen LogP contribution in [-0.2, 0) is 4.79 Å². The molecule has 0 radical (unpaired) electrons. The fourth-order valence-electron chi connectivity index (χ4n) is 2.21. The van der Waals surface area contributed by atoms with Gasteiger partial charge in [0.25, 0.3) is 0 Å². The van der Waals surface area contributed by atoms with Crippen LogP contribution < -0.4 is 15.4 Å². The molecule has 0 aromatic heterocycles. The summed E-state index contributed by atoms with van der Waals surface area (Å²) < 4.78 is 5.56. The first kappa shape index (κ1) is 16.8. The number of benzene rings is 1. The Morgan fingerprint density at radius 2 is 2.15 bits per heavy atom. The lowest BCUT2D eigenvalue weighted by Gasteiger charge is -2.21. The predicted molar refractivity (Wildman–Crippen MR) is 83.7 cm³/mol. The molecule has 1 aliphatic heterocycles. The molecule has 1 aromatic carbocycles. The van der Waals surface area contributed by atoms with Crippen LogP contribution in [0.3, 0.4) is 0 Å². The quantitative estimate of drug-likeness (QED) is 0.879. The van der Waals surface area contributed by atoms with Gasteiger partial charge in [-0.25, -0.2) is 0 Å². The van der Waals surface area contributed by atoms with Gasteiger partial charge in [0.1, 0.15) is 5.75 Å². The second-order valence-corrected chi connectivity index (χ2v) is 4.89. The molecule has 5 heteroatoms. The number of amides is 1. The summed E-state index contributed by atoms with van der Waals surface area (Å²) >= 11 is 0. The summed E-state index contributed by atoms with van der Waals surface area (Å²) in [6.07, 6.45) is 2.81. The van der Waals surface area contributed by atoms with E-state index >= 15 is 0 Å². The standard InChI is InChI=1S/C15H22N2O2.ClH/c1-2-10-19-14-5-3-4-13(11-14)17-15(18)12-6-8-16-9-7-12;/h3-5,11-12,16H,2,6-10H2,1H3,(H,17,18);1H. The molecule has 1 saturated heterocycles. The van der Waals surface area contributed by atoms with Crippen LogP contribution in [0.25, 0.3) is 0 Å². The van der Waals surface area contributed by atoms with Crippen LogP contribution in [-0.4, -0.2) is 25.6 Å². The monoisotopic (exact) mass is 298 g/mol. The molecule has 0 aliphatic carbocycles. The molecule has 2 N–H and O–H groups in total. The van der Waals surface area contributed by atoms with Gasteiger partial charge in [-0.1, -0.05) is 13.0 Å². The molecule has 0 bridgehead atoms. The van der Waals surface area contributed by atoms with Gasteiger partial charge in [-0.05, 0) is 44.5 Å². The average molecular weight is 299 g/mol. The summed E-state index contributed by atoms with van der Waals surface area (Å²) in [5.74, 6) is 1.06. The number of hydrogen-bond acceptors (Lipinski definition) is 3. The zero-order valence-electron chi connectivity index (χ0n) is 11.9. The van der Waals surface area contributed by atoms with Crippen molar-refractivity contribution in [1.82, 2.24) is 5.32 Å². The minimum Gasteiger partial charge on any atom is -0.494 e. The van der Waals surface area contributed by atoms with Crippen molar-refractivity contribution in [2.45, 2.75) is 26.2 Å². The molecule has 1 amide bonds. The molecule has 112 valence electrons. The molecule has 1 aliphatic rings. The first-order valence-electron chi connectivity index (χ1n) is 7.04. The van der Waals surface area contributed by atoms with Crippen molar-refractivity contribution in [2.24, 2.45) is 5.92 Å². The molecular weight excluding hydrogens is 276 g/mol. The Balaban J connectivity index is 0.00000200. The van der Waals surface area contributed by atoms with Crippen molar-refractivity contribution in [1.29, 1.82) is 0 Å². The van der Waals surface area contributed by atoms with Crippen molar-refractivity contribution < 1.29 is 9.53 Å².